The minimum atomic E-state index is -3.93. The number of amides is 1. The van der Waals surface area contributed by atoms with Gasteiger partial charge in [0.25, 0.3) is 0 Å². The van der Waals surface area contributed by atoms with E-state index in [1.165, 1.54) is 14.0 Å². The van der Waals surface area contributed by atoms with Gasteiger partial charge < -0.3 is 14.8 Å². The third kappa shape index (κ3) is 10.3. The number of alkyl carbamates (subject to hydrolysis) is 1. The molecular weight excluding hydrogens is 327 g/mol. The summed E-state index contributed by atoms with van der Waals surface area (Å²) in [5.74, 6) is -1.50. The van der Waals surface area contributed by atoms with Crippen molar-refractivity contribution in [3.63, 3.8) is 0 Å². The highest BCUT2D eigenvalue weighted by Gasteiger charge is 2.39. The van der Waals surface area contributed by atoms with Gasteiger partial charge in [0.05, 0.1) is 13.0 Å². The van der Waals surface area contributed by atoms with Crippen LogP contribution in [0.25, 0.3) is 0 Å². The molecule has 24 heavy (non-hydrogen) atoms. The molecule has 1 aliphatic rings. The van der Waals surface area contributed by atoms with E-state index in [0.717, 1.165) is 19.3 Å². The average molecular weight is 355 g/mol. The van der Waals surface area contributed by atoms with Gasteiger partial charge in [-0.25, -0.2) is 9.59 Å². The molecule has 0 saturated heterocycles. The van der Waals surface area contributed by atoms with Crippen molar-refractivity contribution in [2.45, 2.75) is 77.6 Å². The van der Waals surface area contributed by atoms with E-state index in [0.29, 0.717) is 12.8 Å². The lowest BCUT2D eigenvalue weighted by atomic mass is 9.89. The number of hydrogen-bond acceptors (Lipinski definition) is 4. The van der Waals surface area contributed by atoms with E-state index in [2.05, 4.69) is 10.1 Å². The quantitative estimate of drug-likeness (QED) is 0.754. The second-order valence-corrected chi connectivity index (χ2v) is 6.77. The Morgan fingerprint density at radius 1 is 1.08 bits per heavy atom. The second-order valence-electron chi connectivity index (χ2n) is 6.77. The molecule has 0 aromatic rings. The number of hydrogen-bond donors (Lipinski definition) is 1. The number of alkyl halides is 3. The number of esters is 1. The molecule has 0 bridgehead atoms. The number of carbonyl (C=O) groups is 2. The van der Waals surface area contributed by atoms with Gasteiger partial charge >= 0.3 is 18.2 Å². The molecule has 0 aromatic heterocycles. The molecule has 0 spiro atoms. The van der Waals surface area contributed by atoms with Crippen LogP contribution < -0.4 is 5.32 Å². The summed E-state index contributed by atoms with van der Waals surface area (Å²) < 4.78 is 45.2. The highest BCUT2D eigenvalue weighted by molar-refractivity contribution is 5.80. The highest BCUT2D eigenvalue weighted by atomic mass is 19.4. The van der Waals surface area contributed by atoms with Crippen LogP contribution in [0.3, 0.4) is 0 Å². The summed E-state index contributed by atoms with van der Waals surface area (Å²) in [6, 6.07) is -0.699. The molecule has 0 heterocycles. The standard InChI is InChI=1S/C9H17NO4.C7H11F3/c1-6(7(11)13-5)10-8(12)14-9(2,3)4;8-7(9,10)6-4-2-1-3-5-6/h6H,1-5H3,(H,10,12);6H,1-5H2. The Kier molecular flexibility index (Phi) is 9.14. The molecule has 1 amide bonds. The van der Waals surface area contributed by atoms with Crippen LogP contribution in [0.4, 0.5) is 18.0 Å². The minimum Gasteiger partial charge on any atom is -0.467 e. The van der Waals surface area contributed by atoms with Gasteiger partial charge in [-0.1, -0.05) is 19.3 Å². The monoisotopic (exact) mass is 355 g/mol. The Balaban J connectivity index is 0.000000463. The molecule has 8 heteroatoms. The first kappa shape index (κ1) is 22.5. The molecule has 5 nitrogen and oxygen atoms in total. The predicted octanol–water partition coefficient (Wildman–Crippen LogP) is 4.20. The van der Waals surface area contributed by atoms with Crippen molar-refractivity contribution >= 4 is 12.1 Å². The fourth-order valence-corrected chi connectivity index (χ4v) is 2.15. The van der Waals surface area contributed by atoms with Crippen molar-refractivity contribution < 1.29 is 32.2 Å². The molecule has 1 N–H and O–H groups in total. The summed E-state index contributed by atoms with van der Waals surface area (Å²) in [4.78, 5) is 22.1. The minimum absolute atomic E-state index is 0.351. The van der Waals surface area contributed by atoms with E-state index < -0.39 is 35.8 Å². The van der Waals surface area contributed by atoms with Gasteiger partial charge in [0.1, 0.15) is 11.6 Å². The van der Waals surface area contributed by atoms with Gasteiger partial charge in [-0.3, -0.25) is 0 Å². The Labute approximate surface area is 141 Å². The van der Waals surface area contributed by atoms with Crippen LogP contribution in [0.1, 0.15) is 59.8 Å². The maximum atomic E-state index is 11.9. The van der Waals surface area contributed by atoms with Crippen LogP contribution >= 0.6 is 0 Å². The molecule has 1 saturated carbocycles. The molecule has 1 unspecified atom stereocenters. The number of carbonyl (C=O) groups excluding carboxylic acids is 2. The van der Waals surface area contributed by atoms with Gasteiger partial charge in [0.15, 0.2) is 0 Å². The fraction of sp³-hybridized carbons (Fsp3) is 0.875. The molecular formula is C16H28F3NO4. The van der Waals surface area contributed by atoms with Crippen molar-refractivity contribution in [3.8, 4) is 0 Å². The number of halogens is 3. The second kappa shape index (κ2) is 9.74. The SMILES string of the molecule is COC(=O)C(C)NC(=O)OC(C)(C)C.FC(F)(F)C1CCCCC1. The van der Waals surface area contributed by atoms with E-state index in [4.69, 9.17) is 4.74 Å². The first-order chi connectivity index (χ1) is 10.9. The maximum absolute atomic E-state index is 11.9. The molecule has 1 rings (SSSR count). The third-order valence-corrected chi connectivity index (χ3v) is 3.36. The van der Waals surface area contributed by atoms with Crippen LogP contribution in [0.15, 0.2) is 0 Å². The first-order valence-corrected chi connectivity index (χ1v) is 8.01. The van der Waals surface area contributed by atoms with E-state index in [9.17, 15) is 22.8 Å². The van der Waals surface area contributed by atoms with Crippen molar-refractivity contribution in [2.24, 2.45) is 5.92 Å². The summed E-state index contributed by atoms with van der Waals surface area (Å²) in [5, 5.41) is 2.35. The van der Waals surface area contributed by atoms with Crippen LogP contribution in [0, 0.1) is 5.92 Å². The summed E-state index contributed by atoms with van der Waals surface area (Å²) in [7, 11) is 1.26. The molecule has 1 atom stereocenters. The number of nitrogens with one attached hydrogen (secondary N) is 1. The average Bonchev–Trinajstić information content (AvgIpc) is 2.45. The fourth-order valence-electron chi connectivity index (χ4n) is 2.15. The zero-order chi connectivity index (χ0) is 19.0. The lowest BCUT2D eigenvalue weighted by Gasteiger charge is -2.23. The largest absolute Gasteiger partial charge is 0.467 e. The zero-order valence-electron chi connectivity index (χ0n) is 15.0. The van der Waals surface area contributed by atoms with E-state index in [1.807, 2.05) is 0 Å². The lowest BCUT2D eigenvalue weighted by Crippen LogP contribution is -2.42. The van der Waals surface area contributed by atoms with Crippen molar-refractivity contribution in [3.05, 3.63) is 0 Å². The van der Waals surface area contributed by atoms with E-state index in [-0.39, 0.29) is 0 Å². The molecule has 0 aromatic carbocycles. The molecule has 0 aliphatic heterocycles. The van der Waals surface area contributed by atoms with Crippen LogP contribution in [0.5, 0.6) is 0 Å². The molecule has 1 aliphatic carbocycles. The smallest absolute Gasteiger partial charge is 0.408 e. The summed E-state index contributed by atoms with van der Waals surface area (Å²) >= 11 is 0. The molecule has 142 valence electrons. The van der Waals surface area contributed by atoms with E-state index >= 15 is 0 Å². The van der Waals surface area contributed by atoms with Crippen LogP contribution in [0.2, 0.25) is 0 Å². The van der Waals surface area contributed by atoms with Gasteiger partial charge in [-0.15, -0.1) is 0 Å². The molecule has 1 fully saturated rings. The van der Waals surface area contributed by atoms with Crippen LogP contribution in [-0.4, -0.2) is 37.0 Å². The number of rotatable bonds is 2. The Hall–Kier alpha value is -1.47. The first-order valence-electron chi connectivity index (χ1n) is 8.01. The third-order valence-electron chi connectivity index (χ3n) is 3.36. The Morgan fingerprint density at radius 3 is 1.92 bits per heavy atom. The number of ether oxygens (including phenoxy) is 2. The summed E-state index contributed by atoms with van der Waals surface area (Å²) in [6.45, 7) is 6.76. The molecule has 0 radical (unpaired) electrons. The zero-order valence-corrected chi connectivity index (χ0v) is 15.0. The van der Waals surface area contributed by atoms with Crippen LogP contribution in [-0.2, 0) is 14.3 Å². The predicted molar refractivity (Wildman–Crippen MR) is 83.5 cm³/mol. The van der Waals surface area contributed by atoms with Crippen molar-refractivity contribution in [1.29, 1.82) is 0 Å². The summed E-state index contributed by atoms with van der Waals surface area (Å²) in [5.41, 5.74) is -0.570. The van der Waals surface area contributed by atoms with Gasteiger partial charge in [-0.2, -0.15) is 13.2 Å². The maximum Gasteiger partial charge on any atom is 0.408 e. The van der Waals surface area contributed by atoms with Gasteiger partial charge in [0, 0.05) is 0 Å². The Bertz CT molecular complexity index is 399. The highest BCUT2D eigenvalue weighted by Crippen LogP contribution is 2.37. The lowest BCUT2D eigenvalue weighted by molar-refractivity contribution is -0.181. The topological polar surface area (TPSA) is 64.6 Å². The van der Waals surface area contributed by atoms with Gasteiger partial charge in [0.2, 0.25) is 0 Å². The number of methoxy groups -OCH3 is 1. The van der Waals surface area contributed by atoms with Crippen molar-refractivity contribution in [2.75, 3.05) is 7.11 Å². The van der Waals surface area contributed by atoms with E-state index in [1.54, 1.807) is 20.8 Å². The normalized spacial score (nSPS) is 17.2. The Morgan fingerprint density at radius 2 is 1.58 bits per heavy atom. The van der Waals surface area contributed by atoms with Gasteiger partial charge in [-0.05, 0) is 40.5 Å². The summed E-state index contributed by atoms with van der Waals surface area (Å²) in [6.07, 6.45) is -1.37. The van der Waals surface area contributed by atoms with Crippen molar-refractivity contribution in [1.82, 2.24) is 5.32 Å².